The first-order valence-corrected chi connectivity index (χ1v) is 7.32. The van der Waals surface area contributed by atoms with Crippen LogP contribution < -0.4 is 5.32 Å². The molecule has 1 heterocycles. The van der Waals surface area contributed by atoms with Gasteiger partial charge in [0.2, 0.25) is 5.91 Å². The maximum Gasteiger partial charge on any atom is 0.250 e. The van der Waals surface area contributed by atoms with E-state index in [9.17, 15) is 4.79 Å². The molecule has 0 aliphatic rings. The molecular formula is C16H18N2OS. The highest BCUT2D eigenvalue weighted by Crippen LogP contribution is 2.28. The van der Waals surface area contributed by atoms with E-state index in [1.54, 1.807) is 6.08 Å². The van der Waals surface area contributed by atoms with Crippen molar-refractivity contribution in [3.8, 4) is 11.3 Å². The summed E-state index contributed by atoms with van der Waals surface area (Å²) in [6.45, 7) is 7.91. The molecule has 0 fully saturated rings. The number of benzene rings is 1. The quantitative estimate of drug-likeness (QED) is 0.853. The van der Waals surface area contributed by atoms with E-state index in [1.165, 1.54) is 22.5 Å². The number of allylic oxidation sites excluding steroid dienone is 1. The summed E-state index contributed by atoms with van der Waals surface area (Å²) in [5.74, 6) is -0.133. The van der Waals surface area contributed by atoms with Crippen molar-refractivity contribution in [2.75, 3.05) is 5.32 Å². The fourth-order valence-corrected chi connectivity index (χ4v) is 2.58. The molecule has 0 saturated carbocycles. The van der Waals surface area contributed by atoms with E-state index >= 15 is 0 Å². The number of hydrogen-bond donors (Lipinski definition) is 1. The van der Waals surface area contributed by atoms with Crippen molar-refractivity contribution < 1.29 is 4.79 Å². The molecule has 1 aromatic heterocycles. The third kappa shape index (κ3) is 3.54. The van der Waals surface area contributed by atoms with Crippen LogP contribution >= 0.6 is 11.3 Å². The smallest absolute Gasteiger partial charge is 0.250 e. The van der Waals surface area contributed by atoms with Crippen molar-refractivity contribution in [2.24, 2.45) is 0 Å². The Morgan fingerprint density at radius 1 is 1.30 bits per heavy atom. The molecule has 0 aliphatic carbocycles. The van der Waals surface area contributed by atoms with Crippen LogP contribution in [-0.4, -0.2) is 10.9 Å². The van der Waals surface area contributed by atoms with Gasteiger partial charge in [0.1, 0.15) is 0 Å². The van der Waals surface area contributed by atoms with E-state index in [1.807, 2.05) is 19.2 Å². The number of nitrogens with one attached hydrogen (secondary N) is 1. The second-order valence-electron chi connectivity index (χ2n) is 5.07. The molecule has 0 aliphatic heterocycles. The Hall–Kier alpha value is -1.94. The van der Waals surface area contributed by atoms with Crippen LogP contribution in [0.15, 0.2) is 35.2 Å². The van der Waals surface area contributed by atoms with Crippen LogP contribution in [0.1, 0.15) is 25.0 Å². The van der Waals surface area contributed by atoms with Gasteiger partial charge in [-0.1, -0.05) is 23.3 Å². The Morgan fingerprint density at radius 2 is 2.05 bits per heavy atom. The highest BCUT2D eigenvalue weighted by atomic mass is 32.1. The van der Waals surface area contributed by atoms with Crippen molar-refractivity contribution in [3.63, 3.8) is 0 Å². The summed E-state index contributed by atoms with van der Waals surface area (Å²) < 4.78 is 0. The molecule has 0 unspecified atom stereocenters. The number of rotatable bonds is 3. The van der Waals surface area contributed by atoms with Crippen LogP contribution in [-0.2, 0) is 4.79 Å². The molecule has 1 N–H and O–H groups in total. The average molecular weight is 286 g/mol. The zero-order valence-corrected chi connectivity index (χ0v) is 13.0. The van der Waals surface area contributed by atoms with E-state index < -0.39 is 0 Å². The van der Waals surface area contributed by atoms with Gasteiger partial charge >= 0.3 is 0 Å². The standard InChI is InChI=1S/C16H18N2OS/c1-10(2)7-15(19)18-16-17-14(9-20-16)13-8-11(3)5-6-12(13)4/h5-9H,1-4H3,(H,17,18,19). The lowest BCUT2D eigenvalue weighted by Gasteiger charge is -2.03. The molecule has 1 amide bonds. The van der Waals surface area contributed by atoms with Gasteiger partial charge < -0.3 is 0 Å². The van der Waals surface area contributed by atoms with Gasteiger partial charge in [-0.05, 0) is 39.3 Å². The monoisotopic (exact) mass is 286 g/mol. The number of aryl methyl sites for hydroxylation is 2. The Morgan fingerprint density at radius 3 is 2.75 bits per heavy atom. The minimum atomic E-state index is -0.133. The maximum absolute atomic E-state index is 11.7. The number of thiazole rings is 1. The molecule has 104 valence electrons. The van der Waals surface area contributed by atoms with Gasteiger partial charge in [-0.25, -0.2) is 4.98 Å². The van der Waals surface area contributed by atoms with Gasteiger partial charge in [-0.3, -0.25) is 10.1 Å². The van der Waals surface area contributed by atoms with Crippen molar-refractivity contribution in [3.05, 3.63) is 46.4 Å². The van der Waals surface area contributed by atoms with Crippen molar-refractivity contribution in [1.29, 1.82) is 0 Å². The molecule has 0 bridgehead atoms. The number of anilines is 1. The highest BCUT2D eigenvalue weighted by Gasteiger charge is 2.08. The topological polar surface area (TPSA) is 42.0 Å². The molecule has 4 heteroatoms. The second kappa shape index (κ2) is 6.01. The molecule has 0 radical (unpaired) electrons. The molecule has 0 spiro atoms. The van der Waals surface area contributed by atoms with Crippen molar-refractivity contribution >= 4 is 22.4 Å². The Kier molecular flexibility index (Phi) is 4.35. The number of amides is 1. The van der Waals surface area contributed by atoms with E-state index in [0.29, 0.717) is 5.13 Å². The predicted octanol–water partition coefficient (Wildman–Crippen LogP) is 4.33. The van der Waals surface area contributed by atoms with E-state index in [2.05, 4.69) is 42.3 Å². The zero-order valence-electron chi connectivity index (χ0n) is 12.2. The fraction of sp³-hybridized carbons (Fsp3) is 0.250. The Balaban J connectivity index is 2.23. The molecule has 0 atom stereocenters. The first-order valence-electron chi connectivity index (χ1n) is 6.45. The largest absolute Gasteiger partial charge is 0.298 e. The van der Waals surface area contributed by atoms with Gasteiger partial charge in [0.15, 0.2) is 5.13 Å². The van der Waals surface area contributed by atoms with Crippen LogP contribution in [0.5, 0.6) is 0 Å². The van der Waals surface area contributed by atoms with Gasteiger partial charge in [0.05, 0.1) is 5.69 Å². The lowest BCUT2D eigenvalue weighted by Crippen LogP contribution is -2.08. The van der Waals surface area contributed by atoms with Gasteiger partial charge in [0.25, 0.3) is 0 Å². The minimum Gasteiger partial charge on any atom is -0.298 e. The first-order chi connectivity index (χ1) is 9.45. The Labute approximate surface area is 123 Å². The van der Waals surface area contributed by atoms with Gasteiger partial charge in [-0.15, -0.1) is 11.3 Å². The molecule has 3 nitrogen and oxygen atoms in total. The summed E-state index contributed by atoms with van der Waals surface area (Å²) in [5, 5.41) is 5.39. The van der Waals surface area contributed by atoms with Crippen LogP contribution in [0, 0.1) is 13.8 Å². The highest BCUT2D eigenvalue weighted by molar-refractivity contribution is 7.14. The van der Waals surface area contributed by atoms with Gasteiger partial charge in [-0.2, -0.15) is 0 Å². The first kappa shape index (κ1) is 14.5. The predicted molar refractivity (Wildman–Crippen MR) is 85.1 cm³/mol. The van der Waals surface area contributed by atoms with Crippen LogP contribution in [0.4, 0.5) is 5.13 Å². The summed E-state index contributed by atoms with van der Waals surface area (Å²) in [6, 6.07) is 6.29. The van der Waals surface area contributed by atoms with Crippen molar-refractivity contribution in [1.82, 2.24) is 4.98 Å². The molecule has 20 heavy (non-hydrogen) atoms. The van der Waals surface area contributed by atoms with Crippen LogP contribution in [0.3, 0.4) is 0 Å². The minimum absolute atomic E-state index is 0.133. The SMILES string of the molecule is CC(C)=CC(=O)Nc1nc(-c2cc(C)ccc2C)cs1. The molecule has 0 saturated heterocycles. The lowest BCUT2D eigenvalue weighted by atomic mass is 10.0. The van der Waals surface area contributed by atoms with Gasteiger partial charge in [0, 0.05) is 17.0 Å². The van der Waals surface area contributed by atoms with E-state index in [-0.39, 0.29) is 5.91 Å². The summed E-state index contributed by atoms with van der Waals surface area (Å²) in [5.41, 5.74) is 5.37. The summed E-state index contributed by atoms with van der Waals surface area (Å²) in [4.78, 5) is 16.2. The van der Waals surface area contributed by atoms with E-state index in [0.717, 1.165) is 16.8 Å². The summed E-state index contributed by atoms with van der Waals surface area (Å²) in [6.07, 6.45) is 1.57. The third-order valence-electron chi connectivity index (χ3n) is 2.82. The molecule has 2 rings (SSSR count). The summed E-state index contributed by atoms with van der Waals surface area (Å²) in [7, 11) is 0. The average Bonchev–Trinajstić information content (AvgIpc) is 2.79. The molecular weight excluding hydrogens is 268 g/mol. The number of hydrogen-bond acceptors (Lipinski definition) is 3. The number of aromatic nitrogens is 1. The van der Waals surface area contributed by atoms with Crippen molar-refractivity contribution in [2.45, 2.75) is 27.7 Å². The lowest BCUT2D eigenvalue weighted by molar-refractivity contribution is -0.111. The fourth-order valence-electron chi connectivity index (χ4n) is 1.87. The number of carbonyl (C=O) groups excluding carboxylic acids is 1. The third-order valence-corrected chi connectivity index (χ3v) is 3.58. The Bertz CT molecular complexity index is 667. The number of carbonyl (C=O) groups is 1. The molecule has 2 aromatic rings. The normalized spacial score (nSPS) is 10.2. The van der Waals surface area contributed by atoms with E-state index in [4.69, 9.17) is 0 Å². The maximum atomic E-state index is 11.7. The molecule has 1 aromatic carbocycles. The van der Waals surface area contributed by atoms with Crippen LogP contribution in [0.2, 0.25) is 0 Å². The summed E-state index contributed by atoms with van der Waals surface area (Å²) >= 11 is 1.44. The zero-order chi connectivity index (χ0) is 14.7. The van der Waals surface area contributed by atoms with Crippen LogP contribution in [0.25, 0.3) is 11.3 Å². The number of nitrogens with zero attached hydrogens (tertiary/aromatic N) is 1. The second-order valence-corrected chi connectivity index (χ2v) is 5.93.